The monoisotopic (exact) mass is 232 g/mol. The van der Waals surface area contributed by atoms with Gasteiger partial charge in [0.15, 0.2) is 17.0 Å². The highest BCUT2D eigenvalue weighted by Crippen LogP contribution is 2.31. The highest BCUT2D eigenvalue weighted by Gasteiger charge is 2.22. The van der Waals surface area contributed by atoms with Crippen molar-refractivity contribution in [1.82, 2.24) is 25.0 Å². The molecule has 1 aliphatic rings. The van der Waals surface area contributed by atoms with Crippen molar-refractivity contribution in [3.05, 3.63) is 6.33 Å². The molecule has 0 aliphatic heterocycles. The maximum absolute atomic E-state index is 4.33. The fraction of sp³-hybridized carbons (Fsp3) is 0.636. The summed E-state index contributed by atoms with van der Waals surface area (Å²) in [5.74, 6) is 0.833. The van der Waals surface area contributed by atoms with Crippen LogP contribution in [0.3, 0.4) is 0 Å². The van der Waals surface area contributed by atoms with E-state index in [0.717, 1.165) is 17.0 Å². The number of nitrogens with zero attached hydrogens (tertiary/aromatic N) is 6. The average Bonchev–Trinajstić information content (AvgIpc) is 2.96. The molecule has 90 valence electrons. The lowest BCUT2D eigenvalue weighted by Gasteiger charge is -2.11. The Bertz CT molecular complexity index is 526. The molecule has 17 heavy (non-hydrogen) atoms. The molecule has 0 atom stereocenters. The zero-order chi connectivity index (χ0) is 11.8. The van der Waals surface area contributed by atoms with Crippen LogP contribution >= 0.6 is 0 Å². The van der Waals surface area contributed by atoms with Crippen LogP contribution in [0.15, 0.2) is 6.33 Å². The molecular weight excluding hydrogens is 216 g/mol. The summed E-state index contributed by atoms with van der Waals surface area (Å²) in [4.78, 5) is 10.5. The summed E-state index contributed by atoms with van der Waals surface area (Å²) < 4.78 is 1.97. The Balaban J connectivity index is 2.12. The van der Waals surface area contributed by atoms with Crippen molar-refractivity contribution in [3.8, 4) is 0 Å². The summed E-state index contributed by atoms with van der Waals surface area (Å²) in [5, 5.41) is 8.49. The van der Waals surface area contributed by atoms with Gasteiger partial charge in [-0.1, -0.05) is 18.1 Å². The lowest BCUT2D eigenvalue weighted by molar-refractivity contribution is 0.464. The van der Waals surface area contributed by atoms with Crippen molar-refractivity contribution in [2.45, 2.75) is 31.7 Å². The van der Waals surface area contributed by atoms with E-state index in [9.17, 15) is 0 Å². The molecule has 0 amide bonds. The number of anilines is 1. The number of hydrogen-bond acceptors (Lipinski definition) is 5. The van der Waals surface area contributed by atoms with Crippen LogP contribution in [-0.4, -0.2) is 39.1 Å². The van der Waals surface area contributed by atoms with E-state index in [-0.39, 0.29) is 0 Å². The number of aromatic nitrogens is 5. The van der Waals surface area contributed by atoms with E-state index < -0.39 is 0 Å². The van der Waals surface area contributed by atoms with Crippen LogP contribution in [0.25, 0.3) is 11.2 Å². The highest BCUT2D eigenvalue weighted by molar-refractivity contribution is 5.82. The molecule has 2 aromatic heterocycles. The molecule has 2 aromatic rings. The van der Waals surface area contributed by atoms with Crippen LogP contribution < -0.4 is 4.90 Å². The zero-order valence-corrected chi connectivity index (χ0v) is 10.2. The fourth-order valence-corrected chi connectivity index (χ4v) is 2.47. The minimum Gasteiger partial charge on any atom is -0.361 e. The Morgan fingerprint density at radius 2 is 2.00 bits per heavy atom. The largest absolute Gasteiger partial charge is 0.361 e. The molecule has 1 saturated carbocycles. The first kappa shape index (κ1) is 10.4. The summed E-state index contributed by atoms with van der Waals surface area (Å²) in [6.45, 7) is 0. The van der Waals surface area contributed by atoms with Gasteiger partial charge in [0.25, 0.3) is 0 Å². The van der Waals surface area contributed by atoms with Gasteiger partial charge in [-0.25, -0.2) is 14.6 Å². The summed E-state index contributed by atoms with van der Waals surface area (Å²) in [5.41, 5.74) is 1.65. The maximum Gasteiger partial charge on any atom is 0.184 e. The summed E-state index contributed by atoms with van der Waals surface area (Å²) in [6.07, 6.45) is 6.50. The first-order valence-electron chi connectivity index (χ1n) is 6.00. The molecule has 0 bridgehead atoms. The normalized spacial score (nSPS) is 16.8. The van der Waals surface area contributed by atoms with E-state index >= 15 is 0 Å². The maximum atomic E-state index is 4.33. The Labute approximate surface area is 99.7 Å². The van der Waals surface area contributed by atoms with Crippen molar-refractivity contribution < 1.29 is 0 Å². The van der Waals surface area contributed by atoms with Gasteiger partial charge in [-0.3, -0.25) is 0 Å². The van der Waals surface area contributed by atoms with E-state index in [4.69, 9.17) is 0 Å². The van der Waals surface area contributed by atoms with Gasteiger partial charge >= 0.3 is 0 Å². The number of hydrogen-bond donors (Lipinski definition) is 0. The Kier molecular flexibility index (Phi) is 2.42. The molecule has 0 aromatic carbocycles. The van der Waals surface area contributed by atoms with Crippen LogP contribution in [0, 0.1) is 0 Å². The molecule has 0 spiro atoms. The lowest BCUT2D eigenvalue weighted by atomic mass is 10.2. The van der Waals surface area contributed by atoms with Gasteiger partial charge in [0.1, 0.15) is 6.33 Å². The van der Waals surface area contributed by atoms with Crippen LogP contribution in [0.1, 0.15) is 31.7 Å². The third-order valence-electron chi connectivity index (χ3n) is 3.34. The van der Waals surface area contributed by atoms with Crippen LogP contribution in [0.2, 0.25) is 0 Å². The first-order chi connectivity index (χ1) is 8.27. The second-order valence-corrected chi connectivity index (χ2v) is 4.74. The molecule has 3 rings (SSSR count). The zero-order valence-electron chi connectivity index (χ0n) is 10.2. The minimum absolute atomic E-state index is 0.463. The third-order valence-corrected chi connectivity index (χ3v) is 3.34. The molecule has 0 N–H and O–H groups in total. The quantitative estimate of drug-likeness (QED) is 0.783. The van der Waals surface area contributed by atoms with Crippen LogP contribution in [-0.2, 0) is 0 Å². The molecule has 0 radical (unpaired) electrons. The SMILES string of the molecule is CN(C)c1ncnc2c1nnn2C1CCCC1. The molecular formula is C11H16N6. The van der Waals surface area contributed by atoms with E-state index in [0.29, 0.717) is 6.04 Å². The summed E-state index contributed by atoms with van der Waals surface area (Å²) in [7, 11) is 3.91. The topological polar surface area (TPSA) is 59.7 Å². The van der Waals surface area contributed by atoms with E-state index in [1.807, 2.05) is 23.7 Å². The van der Waals surface area contributed by atoms with Gasteiger partial charge < -0.3 is 4.90 Å². The number of rotatable bonds is 2. The minimum atomic E-state index is 0.463. The van der Waals surface area contributed by atoms with Crippen LogP contribution in [0.4, 0.5) is 5.82 Å². The smallest absolute Gasteiger partial charge is 0.184 e. The predicted octanol–water partition coefficient (Wildman–Crippen LogP) is 1.40. The Morgan fingerprint density at radius 3 is 2.71 bits per heavy atom. The molecule has 0 saturated heterocycles. The Morgan fingerprint density at radius 1 is 1.24 bits per heavy atom. The van der Waals surface area contributed by atoms with Crippen LogP contribution in [0.5, 0.6) is 0 Å². The van der Waals surface area contributed by atoms with Crippen molar-refractivity contribution >= 4 is 17.0 Å². The molecule has 6 heteroatoms. The summed E-state index contributed by atoms with van der Waals surface area (Å²) in [6, 6.07) is 0.463. The molecule has 2 heterocycles. The lowest BCUT2D eigenvalue weighted by Crippen LogP contribution is -2.12. The van der Waals surface area contributed by atoms with Gasteiger partial charge in [-0.15, -0.1) is 5.10 Å². The van der Waals surface area contributed by atoms with Gasteiger partial charge in [0.05, 0.1) is 6.04 Å². The van der Waals surface area contributed by atoms with E-state index in [1.54, 1.807) is 6.33 Å². The van der Waals surface area contributed by atoms with Gasteiger partial charge in [0, 0.05) is 14.1 Å². The molecule has 0 unspecified atom stereocenters. The second kappa shape index (κ2) is 3.94. The van der Waals surface area contributed by atoms with Gasteiger partial charge in [-0.05, 0) is 12.8 Å². The summed E-state index contributed by atoms with van der Waals surface area (Å²) >= 11 is 0. The second-order valence-electron chi connectivity index (χ2n) is 4.74. The predicted molar refractivity (Wildman–Crippen MR) is 65.0 cm³/mol. The van der Waals surface area contributed by atoms with Crippen molar-refractivity contribution in [3.63, 3.8) is 0 Å². The van der Waals surface area contributed by atoms with Crippen molar-refractivity contribution in [2.24, 2.45) is 0 Å². The molecule has 1 aliphatic carbocycles. The highest BCUT2D eigenvalue weighted by atomic mass is 15.5. The van der Waals surface area contributed by atoms with E-state index in [2.05, 4.69) is 20.3 Å². The van der Waals surface area contributed by atoms with Gasteiger partial charge in [0.2, 0.25) is 0 Å². The third kappa shape index (κ3) is 1.64. The average molecular weight is 232 g/mol. The first-order valence-corrected chi connectivity index (χ1v) is 6.00. The van der Waals surface area contributed by atoms with E-state index in [1.165, 1.54) is 25.7 Å². The fourth-order valence-electron chi connectivity index (χ4n) is 2.47. The van der Waals surface area contributed by atoms with Crippen molar-refractivity contribution in [2.75, 3.05) is 19.0 Å². The Hall–Kier alpha value is -1.72. The molecule has 6 nitrogen and oxygen atoms in total. The van der Waals surface area contributed by atoms with Crippen molar-refractivity contribution in [1.29, 1.82) is 0 Å². The van der Waals surface area contributed by atoms with Gasteiger partial charge in [-0.2, -0.15) is 0 Å². The molecule has 1 fully saturated rings. The number of fused-ring (bicyclic) bond motifs is 1. The standard InChI is InChI=1S/C11H16N6/c1-16(2)10-9-11(13-7-12-10)17(15-14-9)8-5-3-4-6-8/h7-8H,3-6H2,1-2H3.